The molecule has 2 aromatic rings. The molecule has 0 bridgehead atoms. The van der Waals surface area contributed by atoms with Crippen molar-refractivity contribution in [3.63, 3.8) is 0 Å². The summed E-state index contributed by atoms with van der Waals surface area (Å²) in [6.45, 7) is 5.09. The maximum Gasteiger partial charge on any atom is 0.267 e. The number of hydrogen-bond acceptors (Lipinski definition) is 2. The summed E-state index contributed by atoms with van der Waals surface area (Å²) in [7, 11) is 0. The van der Waals surface area contributed by atoms with E-state index in [9.17, 15) is 4.79 Å². The molecule has 4 heteroatoms. The fraction of sp³-hybridized carbons (Fsp3) is 0.400. The maximum atomic E-state index is 12.0. The van der Waals surface area contributed by atoms with Gasteiger partial charge in [-0.2, -0.15) is 0 Å². The molecule has 1 heterocycles. The van der Waals surface area contributed by atoms with E-state index in [-0.39, 0.29) is 5.91 Å². The van der Waals surface area contributed by atoms with Crippen LogP contribution in [0.25, 0.3) is 10.9 Å². The number of aromatic amines is 1. The van der Waals surface area contributed by atoms with Gasteiger partial charge >= 0.3 is 0 Å². The largest absolute Gasteiger partial charge is 0.399 e. The number of nitrogens with one attached hydrogen (secondary N) is 2. The number of hydrogen-bond donors (Lipinski definition) is 3. The first kappa shape index (κ1) is 13.5. The number of nitrogens with two attached hydrogens (primary N) is 1. The number of benzene rings is 1. The van der Waals surface area contributed by atoms with Gasteiger partial charge in [0.25, 0.3) is 5.91 Å². The van der Waals surface area contributed by atoms with Crippen molar-refractivity contribution in [1.29, 1.82) is 0 Å². The standard InChI is InChI=1S/C15H21N3O/c1-10(2)4-3-7-17-15(19)14-9-11-8-12(16)5-6-13(11)18-14/h5-6,8-10,18H,3-4,7,16H2,1-2H3,(H,17,19). The average molecular weight is 259 g/mol. The van der Waals surface area contributed by atoms with Crippen molar-refractivity contribution < 1.29 is 4.79 Å². The Morgan fingerprint density at radius 2 is 2.16 bits per heavy atom. The van der Waals surface area contributed by atoms with Gasteiger partial charge in [0.1, 0.15) is 5.69 Å². The summed E-state index contributed by atoms with van der Waals surface area (Å²) >= 11 is 0. The van der Waals surface area contributed by atoms with Gasteiger partial charge in [-0.1, -0.05) is 13.8 Å². The first-order chi connectivity index (χ1) is 9.06. The van der Waals surface area contributed by atoms with Crippen molar-refractivity contribution in [2.45, 2.75) is 26.7 Å². The Labute approximate surface area is 113 Å². The molecule has 102 valence electrons. The first-order valence-electron chi connectivity index (χ1n) is 6.72. The Morgan fingerprint density at radius 1 is 1.37 bits per heavy atom. The molecule has 0 saturated heterocycles. The van der Waals surface area contributed by atoms with Crippen LogP contribution in [0.5, 0.6) is 0 Å². The van der Waals surface area contributed by atoms with Gasteiger partial charge in [0.05, 0.1) is 0 Å². The molecule has 0 fully saturated rings. The van der Waals surface area contributed by atoms with E-state index in [1.807, 2.05) is 24.3 Å². The third-order valence-electron chi connectivity index (χ3n) is 3.13. The summed E-state index contributed by atoms with van der Waals surface area (Å²) in [6.07, 6.45) is 2.14. The van der Waals surface area contributed by atoms with Crippen LogP contribution in [0.1, 0.15) is 37.2 Å². The Kier molecular flexibility index (Phi) is 4.10. The minimum atomic E-state index is -0.0569. The smallest absolute Gasteiger partial charge is 0.267 e. The minimum Gasteiger partial charge on any atom is -0.399 e. The van der Waals surface area contributed by atoms with Crippen molar-refractivity contribution in [3.05, 3.63) is 30.0 Å². The number of aromatic nitrogens is 1. The van der Waals surface area contributed by atoms with E-state index in [1.165, 1.54) is 0 Å². The van der Waals surface area contributed by atoms with Crippen LogP contribution in [-0.2, 0) is 0 Å². The topological polar surface area (TPSA) is 70.9 Å². The lowest BCUT2D eigenvalue weighted by atomic mass is 10.1. The molecule has 0 unspecified atom stereocenters. The number of anilines is 1. The monoisotopic (exact) mass is 259 g/mol. The molecule has 4 nitrogen and oxygen atoms in total. The molecular weight excluding hydrogens is 238 g/mol. The Balaban J connectivity index is 1.97. The third kappa shape index (κ3) is 3.50. The minimum absolute atomic E-state index is 0.0569. The highest BCUT2D eigenvalue weighted by molar-refractivity contribution is 5.98. The lowest BCUT2D eigenvalue weighted by molar-refractivity contribution is 0.0948. The molecule has 1 aromatic heterocycles. The van der Waals surface area contributed by atoms with Crippen LogP contribution in [0.4, 0.5) is 5.69 Å². The number of carbonyl (C=O) groups is 1. The zero-order chi connectivity index (χ0) is 13.8. The Bertz CT molecular complexity index is 572. The van der Waals surface area contributed by atoms with Crippen LogP contribution in [0, 0.1) is 5.92 Å². The molecule has 4 N–H and O–H groups in total. The fourth-order valence-corrected chi connectivity index (χ4v) is 2.08. The number of rotatable bonds is 5. The summed E-state index contributed by atoms with van der Waals surface area (Å²) in [4.78, 5) is 15.1. The van der Waals surface area contributed by atoms with Crippen molar-refractivity contribution in [2.24, 2.45) is 5.92 Å². The predicted molar refractivity (Wildman–Crippen MR) is 79.1 cm³/mol. The number of carbonyl (C=O) groups excluding carboxylic acids is 1. The van der Waals surface area contributed by atoms with Gasteiger partial charge in [-0.3, -0.25) is 4.79 Å². The first-order valence-corrected chi connectivity index (χ1v) is 6.72. The fourth-order valence-electron chi connectivity index (χ4n) is 2.08. The summed E-state index contributed by atoms with van der Waals surface area (Å²) in [5.41, 5.74) is 7.95. The molecule has 1 aromatic carbocycles. The lowest BCUT2D eigenvalue weighted by Crippen LogP contribution is -2.24. The Morgan fingerprint density at radius 3 is 2.89 bits per heavy atom. The van der Waals surface area contributed by atoms with Crippen LogP contribution in [0.2, 0.25) is 0 Å². The molecule has 0 aliphatic carbocycles. The Hall–Kier alpha value is -1.97. The van der Waals surface area contributed by atoms with Crippen LogP contribution < -0.4 is 11.1 Å². The number of fused-ring (bicyclic) bond motifs is 1. The normalized spacial score (nSPS) is 11.1. The van der Waals surface area contributed by atoms with Gasteiger partial charge in [-0.15, -0.1) is 0 Å². The van der Waals surface area contributed by atoms with E-state index < -0.39 is 0 Å². The van der Waals surface area contributed by atoms with Gasteiger partial charge in [-0.05, 0) is 43.0 Å². The second-order valence-electron chi connectivity index (χ2n) is 5.32. The molecule has 0 radical (unpaired) electrons. The van der Waals surface area contributed by atoms with E-state index in [0.29, 0.717) is 23.8 Å². The molecule has 1 amide bonds. The van der Waals surface area contributed by atoms with E-state index in [1.54, 1.807) is 0 Å². The van der Waals surface area contributed by atoms with E-state index in [2.05, 4.69) is 24.1 Å². The second-order valence-corrected chi connectivity index (χ2v) is 5.32. The van der Waals surface area contributed by atoms with Crippen LogP contribution in [-0.4, -0.2) is 17.4 Å². The molecule has 0 saturated carbocycles. The van der Waals surface area contributed by atoms with Crippen LogP contribution >= 0.6 is 0 Å². The van der Waals surface area contributed by atoms with E-state index in [4.69, 9.17) is 5.73 Å². The highest BCUT2D eigenvalue weighted by Gasteiger charge is 2.08. The molecule has 0 spiro atoms. The van der Waals surface area contributed by atoms with Crippen molar-refractivity contribution in [1.82, 2.24) is 10.3 Å². The zero-order valence-corrected chi connectivity index (χ0v) is 11.5. The lowest BCUT2D eigenvalue weighted by Gasteiger charge is -2.05. The summed E-state index contributed by atoms with van der Waals surface area (Å²) in [6, 6.07) is 7.41. The number of nitrogen functional groups attached to an aromatic ring is 1. The molecule has 2 rings (SSSR count). The summed E-state index contributed by atoms with van der Waals surface area (Å²) < 4.78 is 0. The number of amides is 1. The number of H-pyrrole nitrogens is 1. The molecule has 19 heavy (non-hydrogen) atoms. The highest BCUT2D eigenvalue weighted by atomic mass is 16.1. The quantitative estimate of drug-likeness (QED) is 0.570. The molecule has 0 aliphatic heterocycles. The van der Waals surface area contributed by atoms with Crippen LogP contribution in [0.15, 0.2) is 24.3 Å². The zero-order valence-electron chi connectivity index (χ0n) is 11.5. The van der Waals surface area contributed by atoms with Crippen molar-refractivity contribution in [2.75, 3.05) is 12.3 Å². The summed E-state index contributed by atoms with van der Waals surface area (Å²) in [5.74, 6) is 0.617. The summed E-state index contributed by atoms with van der Waals surface area (Å²) in [5, 5.41) is 3.89. The van der Waals surface area contributed by atoms with Crippen molar-refractivity contribution >= 4 is 22.5 Å². The molecule has 0 atom stereocenters. The SMILES string of the molecule is CC(C)CCCNC(=O)c1cc2cc(N)ccc2[nH]1. The maximum absolute atomic E-state index is 12.0. The molecular formula is C15H21N3O. The predicted octanol–water partition coefficient (Wildman–Crippen LogP) is 2.92. The van der Waals surface area contributed by atoms with E-state index >= 15 is 0 Å². The van der Waals surface area contributed by atoms with Gasteiger partial charge in [0.15, 0.2) is 0 Å². The van der Waals surface area contributed by atoms with Gasteiger partial charge in [0.2, 0.25) is 0 Å². The van der Waals surface area contributed by atoms with Crippen LogP contribution in [0.3, 0.4) is 0 Å². The van der Waals surface area contributed by atoms with Gasteiger partial charge in [0, 0.05) is 23.1 Å². The second kappa shape index (κ2) is 5.78. The highest BCUT2D eigenvalue weighted by Crippen LogP contribution is 2.18. The molecule has 0 aliphatic rings. The van der Waals surface area contributed by atoms with Gasteiger partial charge < -0.3 is 16.0 Å². The average Bonchev–Trinajstić information content (AvgIpc) is 2.77. The third-order valence-corrected chi connectivity index (χ3v) is 3.13. The van der Waals surface area contributed by atoms with Gasteiger partial charge in [-0.25, -0.2) is 0 Å². The van der Waals surface area contributed by atoms with Crippen molar-refractivity contribution in [3.8, 4) is 0 Å². The van der Waals surface area contributed by atoms with E-state index in [0.717, 1.165) is 23.7 Å².